The van der Waals surface area contributed by atoms with Crippen LogP contribution in [0.25, 0.3) is 6.08 Å². The number of aliphatic carboxylic acids is 1. The lowest BCUT2D eigenvalue weighted by Gasteiger charge is -2.45. The van der Waals surface area contributed by atoms with Gasteiger partial charge in [-0.25, -0.2) is 4.79 Å². The smallest absolute Gasteiger partial charge is 0.371 e. The molecule has 3 saturated heterocycles. The van der Waals surface area contributed by atoms with Crippen molar-refractivity contribution in [2.45, 2.75) is 32.2 Å². The van der Waals surface area contributed by atoms with E-state index in [0.29, 0.717) is 17.5 Å². The molecule has 0 spiro atoms. The number of Topliss-reactive ketones (excluding diaryl/α,β-unsaturated/α-hetero) is 1. The summed E-state index contributed by atoms with van der Waals surface area (Å²) in [5.41, 5.74) is 9.01. The van der Waals surface area contributed by atoms with Gasteiger partial charge in [-0.05, 0) is 31.8 Å². The lowest BCUT2D eigenvalue weighted by Crippen LogP contribution is -2.53. The highest BCUT2D eigenvalue weighted by Gasteiger charge is 2.35. The first-order chi connectivity index (χ1) is 12.9. The maximum Gasteiger partial charge on any atom is 0.371 e. The van der Waals surface area contributed by atoms with Crippen LogP contribution >= 0.6 is 0 Å². The number of pyridine rings is 1. The van der Waals surface area contributed by atoms with Crippen molar-refractivity contribution in [1.82, 2.24) is 9.88 Å². The second-order valence-electron chi connectivity index (χ2n) is 7.13. The summed E-state index contributed by atoms with van der Waals surface area (Å²) in [6.07, 6.45) is 9.09. The zero-order valence-electron chi connectivity index (χ0n) is 15.3. The van der Waals surface area contributed by atoms with Crippen molar-refractivity contribution in [2.75, 3.05) is 25.0 Å². The van der Waals surface area contributed by atoms with Gasteiger partial charge in [0.25, 0.3) is 5.91 Å². The van der Waals surface area contributed by atoms with Crippen LogP contribution < -0.4 is 11.1 Å². The molecule has 4 aliphatic rings. The first-order valence-electron chi connectivity index (χ1n) is 9.07. The van der Waals surface area contributed by atoms with E-state index >= 15 is 0 Å². The predicted molar refractivity (Wildman–Crippen MR) is 100 cm³/mol. The van der Waals surface area contributed by atoms with E-state index in [4.69, 9.17) is 10.8 Å². The Morgan fingerprint density at radius 3 is 2.48 bits per heavy atom. The highest BCUT2D eigenvalue weighted by molar-refractivity contribution is 6.31. The Kier molecular flexibility index (Phi) is 5.55. The number of nitrogens with two attached hydrogens (primary N) is 1. The maximum absolute atomic E-state index is 11.7. The van der Waals surface area contributed by atoms with Crippen LogP contribution in [-0.2, 0) is 16.0 Å². The Hall–Kier alpha value is -2.74. The van der Waals surface area contributed by atoms with Crippen molar-refractivity contribution in [2.24, 2.45) is 11.7 Å². The van der Waals surface area contributed by atoms with E-state index in [2.05, 4.69) is 27.4 Å². The number of carbonyl (C=O) groups is 3. The number of piperidine rings is 3. The topological polar surface area (TPSA) is 126 Å². The third-order valence-corrected chi connectivity index (χ3v) is 5.35. The fourth-order valence-electron chi connectivity index (χ4n) is 3.85. The predicted octanol–water partition coefficient (Wildman–Crippen LogP) is 0.916. The maximum atomic E-state index is 11.7. The number of hydrogen-bond acceptors (Lipinski definition) is 6. The van der Waals surface area contributed by atoms with Crippen LogP contribution in [0.4, 0.5) is 5.69 Å². The number of carbonyl (C=O) groups excluding carboxylic acids is 2. The fraction of sp³-hybridized carbons (Fsp3) is 0.474. The van der Waals surface area contributed by atoms with E-state index in [9.17, 15) is 14.4 Å². The number of allylic oxidation sites excluding steroid dienone is 1. The summed E-state index contributed by atoms with van der Waals surface area (Å²) in [6, 6.07) is 0.408. The molecule has 27 heavy (non-hydrogen) atoms. The van der Waals surface area contributed by atoms with E-state index < -0.39 is 17.7 Å². The van der Waals surface area contributed by atoms with Crippen molar-refractivity contribution in [1.29, 1.82) is 0 Å². The second-order valence-corrected chi connectivity index (χ2v) is 7.13. The molecule has 4 N–H and O–H groups in total. The van der Waals surface area contributed by atoms with Gasteiger partial charge in [-0.15, -0.1) is 0 Å². The van der Waals surface area contributed by atoms with Gasteiger partial charge in [0.1, 0.15) is 0 Å². The number of nitrogens with one attached hydrogen (secondary N) is 1. The highest BCUT2D eigenvalue weighted by Crippen LogP contribution is 2.34. The fourth-order valence-corrected chi connectivity index (χ4v) is 3.85. The normalized spacial score (nSPS) is 24.6. The van der Waals surface area contributed by atoms with E-state index in [0.717, 1.165) is 36.8 Å². The number of rotatable bonds is 4. The molecular weight excluding hydrogens is 348 g/mol. The SMILES string of the molecule is CC(=O)C(=O)O.NC(=O)c1cnc2c(c1N[C@@H]1CN3CCC1CC3)C=CC2. The summed E-state index contributed by atoms with van der Waals surface area (Å²) in [7, 11) is 0. The molecule has 8 heteroatoms. The minimum atomic E-state index is -1.38. The van der Waals surface area contributed by atoms with Gasteiger partial charge >= 0.3 is 5.97 Å². The molecule has 2 bridgehead atoms. The van der Waals surface area contributed by atoms with Crippen molar-refractivity contribution in [3.63, 3.8) is 0 Å². The van der Waals surface area contributed by atoms with Gasteiger partial charge in [0.15, 0.2) is 0 Å². The summed E-state index contributed by atoms with van der Waals surface area (Å²) >= 11 is 0. The quantitative estimate of drug-likeness (QED) is 0.671. The van der Waals surface area contributed by atoms with Crippen LogP contribution in [0.5, 0.6) is 0 Å². The van der Waals surface area contributed by atoms with Gasteiger partial charge in [0.2, 0.25) is 5.78 Å². The zero-order chi connectivity index (χ0) is 19.6. The molecule has 1 aromatic heterocycles. The number of anilines is 1. The lowest BCUT2D eigenvalue weighted by molar-refractivity contribution is -0.148. The van der Waals surface area contributed by atoms with Gasteiger partial charge < -0.3 is 21.1 Å². The monoisotopic (exact) mass is 372 g/mol. The first-order valence-corrected chi connectivity index (χ1v) is 9.07. The molecule has 0 saturated carbocycles. The van der Waals surface area contributed by atoms with Crippen molar-refractivity contribution in [3.05, 3.63) is 29.1 Å². The third-order valence-electron chi connectivity index (χ3n) is 5.35. The van der Waals surface area contributed by atoms with Crippen molar-refractivity contribution >= 4 is 29.4 Å². The van der Waals surface area contributed by atoms with Gasteiger partial charge in [0, 0.05) is 37.7 Å². The number of fused-ring (bicyclic) bond motifs is 4. The average molecular weight is 372 g/mol. The van der Waals surface area contributed by atoms with Crippen LogP contribution in [0.3, 0.4) is 0 Å². The molecule has 1 aliphatic carbocycles. The molecule has 8 nitrogen and oxygen atoms in total. The van der Waals surface area contributed by atoms with Crippen LogP contribution in [0.2, 0.25) is 0 Å². The zero-order valence-corrected chi connectivity index (χ0v) is 15.3. The van der Waals surface area contributed by atoms with Crippen molar-refractivity contribution < 1.29 is 19.5 Å². The van der Waals surface area contributed by atoms with E-state index in [-0.39, 0.29) is 0 Å². The standard InChI is InChI=1S/C16H20N4O.C3H4O3/c17-16(21)12-8-18-13-3-1-2-11(13)15(12)19-14-9-20-6-4-10(14)5-7-20;1-2(4)3(5)6/h1-2,8,10,14H,3-7,9H2,(H2,17,21)(H,18,19);1H3,(H,5,6)/t14-;/m1./s1. The number of ketones is 1. The molecule has 3 aliphatic heterocycles. The Morgan fingerprint density at radius 2 is 1.96 bits per heavy atom. The molecule has 0 aromatic carbocycles. The van der Waals surface area contributed by atoms with Crippen LogP contribution in [-0.4, -0.2) is 58.3 Å². The molecule has 1 amide bonds. The minimum absolute atomic E-state index is 0.408. The summed E-state index contributed by atoms with van der Waals surface area (Å²) in [5, 5.41) is 11.3. The second kappa shape index (κ2) is 7.87. The van der Waals surface area contributed by atoms with Gasteiger partial charge in [-0.2, -0.15) is 0 Å². The molecule has 5 rings (SSSR count). The van der Waals surface area contributed by atoms with Gasteiger partial charge in [0.05, 0.1) is 16.9 Å². The number of carboxylic acid groups (broad SMARTS) is 1. The number of carboxylic acids is 1. The summed E-state index contributed by atoms with van der Waals surface area (Å²) in [4.78, 5) is 37.5. The van der Waals surface area contributed by atoms with Crippen LogP contribution in [0.1, 0.15) is 41.4 Å². The van der Waals surface area contributed by atoms with E-state index in [1.54, 1.807) is 6.20 Å². The molecule has 1 atom stereocenters. The number of hydrogen-bond donors (Lipinski definition) is 3. The number of primary amides is 1. The molecule has 144 valence electrons. The van der Waals surface area contributed by atoms with Crippen molar-refractivity contribution in [3.8, 4) is 0 Å². The van der Waals surface area contributed by atoms with E-state index in [1.807, 2.05) is 0 Å². The largest absolute Gasteiger partial charge is 0.476 e. The van der Waals surface area contributed by atoms with Crippen LogP contribution in [0.15, 0.2) is 12.3 Å². The van der Waals surface area contributed by atoms with Gasteiger partial charge in [-0.1, -0.05) is 12.2 Å². The molecule has 4 heterocycles. The summed E-state index contributed by atoms with van der Waals surface area (Å²) < 4.78 is 0. The Labute approximate surface area is 157 Å². The Morgan fingerprint density at radius 1 is 1.30 bits per heavy atom. The molecular formula is C19H24N4O4. The highest BCUT2D eigenvalue weighted by atomic mass is 16.4. The van der Waals surface area contributed by atoms with E-state index in [1.165, 1.54) is 25.9 Å². The number of amides is 1. The Bertz CT molecular complexity index is 785. The Balaban J connectivity index is 0.000000307. The first kappa shape index (κ1) is 19.0. The third kappa shape index (κ3) is 4.16. The number of aromatic nitrogens is 1. The lowest BCUT2D eigenvalue weighted by atomic mass is 9.83. The molecule has 0 radical (unpaired) electrons. The number of nitrogens with zero attached hydrogens (tertiary/aromatic N) is 2. The molecule has 3 fully saturated rings. The summed E-state index contributed by atoms with van der Waals surface area (Å²) in [6.45, 7) is 4.48. The van der Waals surface area contributed by atoms with Crippen LogP contribution in [0, 0.1) is 5.92 Å². The molecule has 0 unspecified atom stereocenters. The summed E-state index contributed by atoms with van der Waals surface area (Å²) in [5.74, 6) is -1.91. The molecule has 1 aromatic rings. The minimum Gasteiger partial charge on any atom is -0.476 e. The van der Waals surface area contributed by atoms with Gasteiger partial charge in [-0.3, -0.25) is 14.6 Å². The average Bonchev–Trinajstić information content (AvgIpc) is 3.12.